The molecule has 1 heterocycles. The third-order valence-corrected chi connectivity index (χ3v) is 4.15. The number of benzene rings is 1. The first-order chi connectivity index (χ1) is 8.70. The maximum absolute atomic E-state index is 9.32. The number of likely N-dealkylation sites (tertiary alicyclic amines) is 1. The molecule has 0 bridgehead atoms. The minimum atomic E-state index is 0.340. The van der Waals surface area contributed by atoms with Gasteiger partial charge in [0.2, 0.25) is 0 Å². The smallest absolute Gasteiger partial charge is 0.115 e. The molecule has 3 heteroatoms. The van der Waals surface area contributed by atoms with E-state index in [-0.39, 0.29) is 0 Å². The van der Waals surface area contributed by atoms with E-state index in [4.69, 9.17) is 5.73 Å². The summed E-state index contributed by atoms with van der Waals surface area (Å²) in [4.78, 5) is 2.53. The van der Waals surface area contributed by atoms with Crippen LogP contribution in [0.5, 0.6) is 5.75 Å². The molecule has 1 aromatic carbocycles. The van der Waals surface area contributed by atoms with Gasteiger partial charge in [-0.05, 0) is 69.4 Å². The van der Waals surface area contributed by atoms with Crippen LogP contribution in [0, 0.1) is 5.92 Å². The number of phenolic OH excluding ortho intramolecular Hbond substituents is 1. The van der Waals surface area contributed by atoms with Crippen LogP contribution < -0.4 is 5.73 Å². The summed E-state index contributed by atoms with van der Waals surface area (Å²) in [6.07, 6.45) is 3.70. The standard InChI is InChI=1S/C15H24N2O/c1-12(14-2-4-15(18)5-3-14)17-10-7-13(6-9-16)8-11-17/h2-5,12-13,18H,6-11,16H2,1H3. The second kappa shape index (κ2) is 6.21. The van der Waals surface area contributed by atoms with Gasteiger partial charge < -0.3 is 10.8 Å². The highest BCUT2D eigenvalue weighted by Crippen LogP contribution is 2.28. The van der Waals surface area contributed by atoms with Crippen LogP contribution in [0.2, 0.25) is 0 Å². The van der Waals surface area contributed by atoms with E-state index in [9.17, 15) is 5.11 Å². The fourth-order valence-electron chi connectivity index (χ4n) is 2.83. The molecule has 1 aliphatic rings. The fourth-order valence-corrected chi connectivity index (χ4v) is 2.83. The SMILES string of the molecule is CC(c1ccc(O)cc1)N1CCC(CCN)CC1. The zero-order valence-corrected chi connectivity index (χ0v) is 11.2. The van der Waals surface area contributed by atoms with Crippen molar-refractivity contribution in [1.82, 2.24) is 4.90 Å². The van der Waals surface area contributed by atoms with Crippen LogP contribution in [0.4, 0.5) is 0 Å². The van der Waals surface area contributed by atoms with Crippen molar-refractivity contribution in [2.24, 2.45) is 11.7 Å². The lowest BCUT2D eigenvalue weighted by molar-refractivity contribution is 0.138. The van der Waals surface area contributed by atoms with Gasteiger partial charge in [-0.1, -0.05) is 12.1 Å². The Kier molecular flexibility index (Phi) is 4.61. The number of rotatable bonds is 4. The molecule has 3 N–H and O–H groups in total. The van der Waals surface area contributed by atoms with E-state index in [0.717, 1.165) is 25.6 Å². The molecule has 1 atom stereocenters. The molecule has 2 rings (SSSR count). The molecule has 1 aliphatic heterocycles. The van der Waals surface area contributed by atoms with E-state index in [2.05, 4.69) is 11.8 Å². The summed E-state index contributed by atoms with van der Waals surface area (Å²) in [5, 5.41) is 9.32. The number of hydrogen-bond acceptors (Lipinski definition) is 3. The molecule has 3 nitrogen and oxygen atoms in total. The number of phenols is 1. The summed E-state index contributed by atoms with van der Waals surface area (Å²) in [7, 11) is 0. The summed E-state index contributed by atoms with van der Waals surface area (Å²) in [6.45, 7) is 5.38. The van der Waals surface area contributed by atoms with Crippen LogP contribution in [-0.4, -0.2) is 29.6 Å². The Bertz CT molecular complexity index is 355. The normalized spacial score (nSPS) is 19.9. The topological polar surface area (TPSA) is 49.5 Å². The lowest BCUT2D eigenvalue weighted by Gasteiger charge is -2.36. The monoisotopic (exact) mass is 248 g/mol. The van der Waals surface area contributed by atoms with Crippen molar-refractivity contribution in [3.8, 4) is 5.75 Å². The first-order valence-corrected chi connectivity index (χ1v) is 6.93. The minimum absolute atomic E-state index is 0.340. The molecule has 0 radical (unpaired) electrons. The Morgan fingerprint density at radius 2 is 1.89 bits per heavy atom. The maximum Gasteiger partial charge on any atom is 0.115 e. The summed E-state index contributed by atoms with van der Waals surface area (Å²) < 4.78 is 0. The second-order valence-electron chi connectivity index (χ2n) is 5.32. The summed E-state index contributed by atoms with van der Waals surface area (Å²) in [5.41, 5.74) is 6.90. The molecule has 1 fully saturated rings. The molecule has 1 unspecified atom stereocenters. The molecule has 0 spiro atoms. The summed E-state index contributed by atoms with van der Waals surface area (Å²) >= 11 is 0. The quantitative estimate of drug-likeness (QED) is 0.861. The van der Waals surface area contributed by atoms with Crippen LogP contribution in [0.3, 0.4) is 0 Å². The van der Waals surface area contributed by atoms with Crippen LogP contribution in [0.15, 0.2) is 24.3 Å². The van der Waals surface area contributed by atoms with Gasteiger partial charge in [0.25, 0.3) is 0 Å². The Morgan fingerprint density at radius 3 is 2.44 bits per heavy atom. The van der Waals surface area contributed by atoms with E-state index in [1.807, 2.05) is 12.1 Å². The third-order valence-electron chi connectivity index (χ3n) is 4.15. The predicted molar refractivity (Wildman–Crippen MR) is 74.5 cm³/mol. The Hall–Kier alpha value is -1.06. The van der Waals surface area contributed by atoms with Crippen molar-refractivity contribution in [3.63, 3.8) is 0 Å². The van der Waals surface area contributed by atoms with E-state index >= 15 is 0 Å². The van der Waals surface area contributed by atoms with E-state index in [1.165, 1.54) is 24.8 Å². The number of hydrogen-bond donors (Lipinski definition) is 2. The Morgan fingerprint density at radius 1 is 1.28 bits per heavy atom. The van der Waals surface area contributed by atoms with E-state index in [1.54, 1.807) is 12.1 Å². The molecule has 0 aromatic heterocycles. The lowest BCUT2D eigenvalue weighted by atomic mass is 9.92. The largest absolute Gasteiger partial charge is 0.508 e. The zero-order chi connectivity index (χ0) is 13.0. The minimum Gasteiger partial charge on any atom is -0.508 e. The molecular formula is C15H24N2O. The van der Waals surface area contributed by atoms with Crippen LogP contribution in [0.25, 0.3) is 0 Å². The van der Waals surface area contributed by atoms with Crippen molar-refractivity contribution in [2.45, 2.75) is 32.2 Å². The maximum atomic E-state index is 9.32. The molecule has 0 aliphatic carbocycles. The number of aromatic hydroxyl groups is 1. The zero-order valence-electron chi connectivity index (χ0n) is 11.2. The summed E-state index contributed by atoms with van der Waals surface area (Å²) in [5.74, 6) is 1.16. The van der Waals surface area contributed by atoms with Gasteiger partial charge in [0.05, 0.1) is 0 Å². The van der Waals surface area contributed by atoms with Crippen molar-refractivity contribution >= 4 is 0 Å². The van der Waals surface area contributed by atoms with E-state index < -0.39 is 0 Å². The third kappa shape index (κ3) is 3.24. The molecule has 100 valence electrons. The molecule has 0 amide bonds. The Balaban J connectivity index is 1.91. The van der Waals surface area contributed by atoms with Gasteiger partial charge in [-0.3, -0.25) is 4.90 Å². The second-order valence-corrected chi connectivity index (χ2v) is 5.32. The molecule has 1 aromatic rings. The van der Waals surface area contributed by atoms with Gasteiger partial charge in [0.1, 0.15) is 5.75 Å². The highest BCUT2D eigenvalue weighted by Gasteiger charge is 2.22. The number of nitrogens with zero attached hydrogens (tertiary/aromatic N) is 1. The average molecular weight is 248 g/mol. The van der Waals surface area contributed by atoms with Gasteiger partial charge in [-0.15, -0.1) is 0 Å². The van der Waals surface area contributed by atoms with Crippen molar-refractivity contribution in [2.75, 3.05) is 19.6 Å². The average Bonchev–Trinajstić information content (AvgIpc) is 2.40. The van der Waals surface area contributed by atoms with Gasteiger partial charge in [-0.2, -0.15) is 0 Å². The molecule has 18 heavy (non-hydrogen) atoms. The van der Waals surface area contributed by atoms with Crippen LogP contribution >= 0.6 is 0 Å². The molecular weight excluding hydrogens is 224 g/mol. The Labute approximate surface area is 110 Å². The fraction of sp³-hybridized carbons (Fsp3) is 0.600. The predicted octanol–water partition coefficient (Wildman–Crippen LogP) is 2.51. The van der Waals surface area contributed by atoms with E-state index in [0.29, 0.717) is 11.8 Å². The summed E-state index contributed by atoms with van der Waals surface area (Å²) in [6, 6.07) is 8.02. The van der Waals surface area contributed by atoms with Gasteiger partial charge >= 0.3 is 0 Å². The number of nitrogens with two attached hydrogens (primary N) is 1. The molecule has 0 saturated carbocycles. The van der Waals surface area contributed by atoms with Gasteiger partial charge in [-0.25, -0.2) is 0 Å². The van der Waals surface area contributed by atoms with Crippen LogP contribution in [0.1, 0.15) is 37.8 Å². The highest BCUT2D eigenvalue weighted by atomic mass is 16.3. The van der Waals surface area contributed by atoms with Crippen LogP contribution in [-0.2, 0) is 0 Å². The molecule has 1 saturated heterocycles. The first kappa shape index (κ1) is 13.4. The van der Waals surface area contributed by atoms with Crippen molar-refractivity contribution in [1.29, 1.82) is 0 Å². The lowest BCUT2D eigenvalue weighted by Crippen LogP contribution is -2.36. The first-order valence-electron chi connectivity index (χ1n) is 6.93. The van der Waals surface area contributed by atoms with Gasteiger partial charge in [0.15, 0.2) is 0 Å². The van der Waals surface area contributed by atoms with Crippen molar-refractivity contribution in [3.05, 3.63) is 29.8 Å². The highest BCUT2D eigenvalue weighted by molar-refractivity contribution is 5.27. The van der Waals surface area contributed by atoms with Crippen molar-refractivity contribution < 1.29 is 5.11 Å². The number of piperidine rings is 1. The van der Waals surface area contributed by atoms with Gasteiger partial charge in [0, 0.05) is 6.04 Å².